The highest BCUT2D eigenvalue weighted by Gasteiger charge is 2.24. The fourth-order valence-electron chi connectivity index (χ4n) is 2.52. The number of likely N-dealkylation sites (tertiary alicyclic amines) is 1. The molecule has 0 saturated carbocycles. The molecular formula is C13H21N3O2. The lowest BCUT2D eigenvalue weighted by Gasteiger charge is -2.35. The van der Waals surface area contributed by atoms with Gasteiger partial charge in [-0.3, -0.25) is 9.69 Å². The Balaban J connectivity index is 1.85. The van der Waals surface area contributed by atoms with Crippen molar-refractivity contribution < 1.29 is 9.53 Å². The van der Waals surface area contributed by atoms with E-state index in [1.54, 1.807) is 6.20 Å². The number of imidazole rings is 1. The summed E-state index contributed by atoms with van der Waals surface area (Å²) in [6.07, 6.45) is 9.64. The molecule has 1 aromatic heterocycles. The number of aromatic nitrogens is 2. The molecule has 1 unspecified atom stereocenters. The lowest BCUT2D eigenvalue weighted by molar-refractivity contribution is -0.142. The Kier molecular flexibility index (Phi) is 4.75. The predicted molar refractivity (Wildman–Crippen MR) is 68.1 cm³/mol. The van der Waals surface area contributed by atoms with E-state index in [1.807, 2.05) is 12.5 Å². The number of ether oxygens (including phenoxy) is 1. The first kappa shape index (κ1) is 13.1. The summed E-state index contributed by atoms with van der Waals surface area (Å²) in [5.41, 5.74) is 0. The van der Waals surface area contributed by atoms with Crippen LogP contribution in [-0.4, -0.2) is 46.7 Å². The van der Waals surface area contributed by atoms with Crippen LogP contribution in [0.25, 0.3) is 0 Å². The van der Waals surface area contributed by atoms with Gasteiger partial charge in [0.15, 0.2) is 0 Å². The number of hydrogen-bond acceptors (Lipinski definition) is 4. The minimum Gasteiger partial charge on any atom is -0.469 e. The molecule has 1 atom stereocenters. The number of carbonyl (C=O) groups excluding carboxylic acids is 1. The highest BCUT2D eigenvalue weighted by atomic mass is 16.5. The Labute approximate surface area is 108 Å². The van der Waals surface area contributed by atoms with Gasteiger partial charge < -0.3 is 9.30 Å². The number of nitrogens with zero attached hydrogens (tertiary/aromatic N) is 3. The van der Waals surface area contributed by atoms with E-state index in [-0.39, 0.29) is 5.97 Å². The van der Waals surface area contributed by atoms with Crippen LogP contribution in [-0.2, 0) is 16.1 Å². The summed E-state index contributed by atoms with van der Waals surface area (Å²) in [5, 5.41) is 0. The van der Waals surface area contributed by atoms with Crippen LogP contribution in [0.2, 0.25) is 0 Å². The number of esters is 1. The van der Waals surface area contributed by atoms with E-state index in [4.69, 9.17) is 4.74 Å². The maximum Gasteiger partial charge on any atom is 0.307 e. The largest absolute Gasteiger partial charge is 0.469 e. The summed E-state index contributed by atoms with van der Waals surface area (Å²) in [7, 11) is 1.46. The summed E-state index contributed by atoms with van der Waals surface area (Å²) >= 11 is 0. The predicted octanol–water partition coefficient (Wildman–Crippen LogP) is 1.30. The fraction of sp³-hybridized carbons (Fsp3) is 0.692. The molecule has 2 rings (SSSR count). The number of hydrogen-bond donors (Lipinski definition) is 0. The Morgan fingerprint density at radius 3 is 3.06 bits per heavy atom. The van der Waals surface area contributed by atoms with Crippen molar-refractivity contribution in [2.75, 3.05) is 20.2 Å². The Morgan fingerprint density at radius 1 is 1.44 bits per heavy atom. The zero-order valence-electron chi connectivity index (χ0n) is 10.9. The molecule has 1 fully saturated rings. The third-order valence-corrected chi connectivity index (χ3v) is 3.58. The number of rotatable bonds is 5. The zero-order valence-corrected chi connectivity index (χ0v) is 10.9. The molecular weight excluding hydrogens is 230 g/mol. The van der Waals surface area contributed by atoms with Crippen molar-refractivity contribution >= 4 is 5.97 Å². The van der Waals surface area contributed by atoms with Gasteiger partial charge in [-0.2, -0.15) is 0 Å². The highest BCUT2D eigenvalue weighted by Crippen LogP contribution is 2.19. The van der Waals surface area contributed by atoms with E-state index in [2.05, 4.69) is 14.5 Å². The van der Waals surface area contributed by atoms with E-state index in [0.29, 0.717) is 12.5 Å². The summed E-state index contributed by atoms with van der Waals surface area (Å²) in [6.45, 7) is 2.98. The molecule has 5 heteroatoms. The van der Waals surface area contributed by atoms with Crippen LogP contribution in [0.15, 0.2) is 18.7 Å². The number of carbonyl (C=O) groups is 1. The van der Waals surface area contributed by atoms with Crippen LogP contribution in [0.3, 0.4) is 0 Å². The zero-order chi connectivity index (χ0) is 12.8. The van der Waals surface area contributed by atoms with Gasteiger partial charge in [0.2, 0.25) is 0 Å². The standard InChI is InChI=1S/C13H21N3O2/c1-18-13(17)10-12-4-2-3-6-16(12)9-8-15-7-5-14-11-15/h5,7,11-12H,2-4,6,8-10H2,1H3. The van der Waals surface area contributed by atoms with Gasteiger partial charge in [0.25, 0.3) is 0 Å². The average molecular weight is 251 g/mol. The van der Waals surface area contributed by atoms with Gasteiger partial charge in [0.1, 0.15) is 0 Å². The molecule has 0 N–H and O–H groups in total. The van der Waals surface area contributed by atoms with Gasteiger partial charge in [-0.15, -0.1) is 0 Å². The summed E-state index contributed by atoms with van der Waals surface area (Å²) in [5.74, 6) is -0.102. The molecule has 2 heterocycles. The van der Waals surface area contributed by atoms with Crippen LogP contribution >= 0.6 is 0 Å². The van der Waals surface area contributed by atoms with E-state index in [9.17, 15) is 4.79 Å². The van der Waals surface area contributed by atoms with Gasteiger partial charge in [-0.05, 0) is 19.4 Å². The molecule has 0 radical (unpaired) electrons. The molecule has 1 saturated heterocycles. The van der Waals surface area contributed by atoms with Gasteiger partial charge >= 0.3 is 5.97 Å². The van der Waals surface area contributed by atoms with Gasteiger partial charge in [-0.1, -0.05) is 6.42 Å². The summed E-state index contributed by atoms with van der Waals surface area (Å²) < 4.78 is 6.84. The van der Waals surface area contributed by atoms with E-state index < -0.39 is 0 Å². The van der Waals surface area contributed by atoms with Crippen molar-refractivity contribution in [3.63, 3.8) is 0 Å². The first-order valence-electron chi connectivity index (χ1n) is 6.56. The van der Waals surface area contributed by atoms with Crippen LogP contribution in [0.1, 0.15) is 25.7 Å². The SMILES string of the molecule is COC(=O)CC1CCCCN1CCn1ccnc1. The quantitative estimate of drug-likeness (QED) is 0.740. The van der Waals surface area contributed by atoms with Crippen molar-refractivity contribution in [1.29, 1.82) is 0 Å². The lowest BCUT2D eigenvalue weighted by Crippen LogP contribution is -2.42. The molecule has 18 heavy (non-hydrogen) atoms. The van der Waals surface area contributed by atoms with Crippen LogP contribution in [0, 0.1) is 0 Å². The van der Waals surface area contributed by atoms with Crippen molar-refractivity contribution in [3.05, 3.63) is 18.7 Å². The van der Waals surface area contributed by atoms with Crippen molar-refractivity contribution in [3.8, 4) is 0 Å². The normalized spacial score (nSPS) is 20.8. The second-order valence-electron chi connectivity index (χ2n) is 4.77. The molecule has 1 aromatic rings. The van der Waals surface area contributed by atoms with Gasteiger partial charge in [0, 0.05) is 31.5 Å². The molecule has 0 amide bonds. The highest BCUT2D eigenvalue weighted by molar-refractivity contribution is 5.69. The van der Waals surface area contributed by atoms with Crippen molar-refractivity contribution in [2.24, 2.45) is 0 Å². The monoisotopic (exact) mass is 251 g/mol. The number of piperidine rings is 1. The average Bonchev–Trinajstić information content (AvgIpc) is 2.91. The van der Waals surface area contributed by atoms with E-state index in [1.165, 1.54) is 20.0 Å². The van der Waals surface area contributed by atoms with Crippen molar-refractivity contribution in [1.82, 2.24) is 14.5 Å². The Hall–Kier alpha value is -1.36. The summed E-state index contributed by atoms with van der Waals surface area (Å²) in [6, 6.07) is 0.342. The maximum absolute atomic E-state index is 11.4. The summed E-state index contributed by atoms with van der Waals surface area (Å²) in [4.78, 5) is 17.8. The van der Waals surface area contributed by atoms with Crippen LogP contribution in [0.4, 0.5) is 0 Å². The molecule has 5 nitrogen and oxygen atoms in total. The molecule has 0 spiro atoms. The molecule has 0 aromatic carbocycles. The third-order valence-electron chi connectivity index (χ3n) is 3.58. The first-order valence-corrected chi connectivity index (χ1v) is 6.56. The van der Waals surface area contributed by atoms with Gasteiger partial charge in [0.05, 0.1) is 19.9 Å². The maximum atomic E-state index is 11.4. The third kappa shape index (κ3) is 3.57. The van der Waals surface area contributed by atoms with Crippen LogP contribution in [0.5, 0.6) is 0 Å². The fourth-order valence-corrected chi connectivity index (χ4v) is 2.52. The minimum atomic E-state index is -0.102. The lowest BCUT2D eigenvalue weighted by atomic mass is 9.99. The molecule has 0 bridgehead atoms. The Bertz CT molecular complexity index is 364. The molecule has 1 aliphatic heterocycles. The van der Waals surface area contributed by atoms with E-state index in [0.717, 1.165) is 26.1 Å². The Morgan fingerprint density at radius 2 is 2.33 bits per heavy atom. The molecule has 100 valence electrons. The van der Waals surface area contributed by atoms with Crippen LogP contribution < -0.4 is 0 Å². The molecule has 1 aliphatic rings. The first-order chi connectivity index (χ1) is 8.79. The second kappa shape index (κ2) is 6.54. The second-order valence-corrected chi connectivity index (χ2v) is 4.77. The number of methoxy groups -OCH3 is 1. The van der Waals surface area contributed by atoms with E-state index >= 15 is 0 Å². The topological polar surface area (TPSA) is 47.4 Å². The smallest absolute Gasteiger partial charge is 0.307 e. The van der Waals surface area contributed by atoms with Crippen molar-refractivity contribution in [2.45, 2.75) is 38.3 Å². The molecule has 0 aliphatic carbocycles. The van der Waals surface area contributed by atoms with Gasteiger partial charge in [-0.25, -0.2) is 4.98 Å². The minimum absolute atomic E-state index is 0.102.